The number of nitrogens with zero attached hydrogens (tertiary/aromatic N) is 2. The average molecular weight is 387 g/mol. The number of halogens is 1. The third-order valence-electron chi connectivity index (χ3n) is 6.28. The molecule has 5 nitrogen and oxygen atoms in total. The van der Waals surface area contributed by atoms with E-state index in [1.165, 1.54) is 37.1 Å². The summed E-state index contributed by atoms with van der Waals surface area (Å²) in [6.45, 7) is 0. The number of benzene rings is 1. The van der Waals surface area contributed by atoms with E-state index >= 15 is 0 Å². The first-order valence-corrected chi connectivity index (χ1v) is 10.6. The minimum absolute atomic E-state index is 0.0135. The van der Waals surface area contributed by atoms with Gasteiger partial charge >= 0.3 is 0 Å². The normalized spacial score (nSPS) is 31.2. The smallest absolute Gasteiger partial charge is 0.277 e. The summed E-state index contributed by atoms with van der Waals surface area (Å²) in [7, 11) is 0. The van der Waals surface area contributed by atoms with Crippen molar-refractivity contribution in [1.82, 2.24) is 15.5 Å². The largest absolute Gasteiger partial charge is 0.411 e. The number of aromatic nitrogens is 2. The van der Waals surface area contributed by atoms with Gasteiger partial charge in [0.05, 0.1) is 11.3 Å². The van der Waals surface area contributed by atoms with Crippen molar-refractivity contribution in [2.45, 2.75) is 49.3 Å². The first-order valence-electron chi connectivity index (χ1n) is 9.61. The summed E-state index contributed by atoms with van der Waals surface area (Å²) in [6.07, 6.45) is 7.45. The van der Waals surface area contributed by atoms with Gasteiger partial charge in [-0.1, -0.05) is 23.9 Å². The van der Waals surface area contributed by atoms with E-state index in [1.807, 2.05) is 0 Å². The van der Waals surface area contributed by atoms with Gasteiger partial charge in [-0.05, 0) is 68.4 Å². The molecule has 0 radical (unpaired) electrons. The molecule has 4 saturated carbocycles. The zero-order valence-electron chi connectivity index (χ0n) is 15.0. The van der Waals surface area contributed by atoms with Crippen molar-refractivity contribution in [2.24, 2.45) is 17.8 Å². The minimum Gasteiger partial charge on any atom is -0.411 e. The Labute approximate surface area is 161 Å². The van der Waals surface area contributed by atoms with Gasteiger partial charge < -0.3 is 9.73 Å². The van der Waals surface area contributed by atoms with E-state index in [0.717, 1.165) is 37.0 Å². The minimum atomic E-state index is -0.405. The van der Waals surface area contributed by atoms with Crippen LogP contribution in [0.1, 0.15) is 38.5 Å². The lowest BCUT2D eigenvalue weighted by Gasteiger charge is -2.56. The lowest BCUT2D eigenvalue weighted by molar-refractivity contribution is -0.124. The zero-order valence-corrected chi connectivity index (χ0v) is 15.8. The molecule has 1 amide bonds. The molecule has 0 saturated heterocycles. The van der Waals surface area contributed by atoms with E-state index < -0.39 is 5.82 Å². The van der Waals surface area contributed by atoms with Crippen LogP contribution in [-0.4, -0.2) is 27.4 Å². The second kappa shape index (κ2) is 6.62. The van der Waals surface area contributed by atoms with Crippen LogP contribution < -0.4 is 5.32 Å². The Hall–Kier alpha value is -1.89. The maximum absolute atomic E-state index is 13.8. The number of nitrogens with one attached hydrogen (secondary N) is 1. The molecule has 1 aromatic heterocycles. The van der Waals surface area contributed by atoms with Gasteiger partial charge in [0.25, 0.3) is 11.1 Å². The molecule has 4 fully saturated rings. The summed E-state index contributed by atoms with van der Waals surface area (Å²) in [5.74, 6) is 2.37. The molecule has 0 unspecified atom stereocenters. The highest BCUT2D eigenvalue weighted by molar-refractivity contribution is 7.99. The fourth-order valence-corrected chi connectivity index (χ4v) is 6.30. The van der Waals surface area contributed by atoms with Crippen LogP contribution >= 0.6 is 11.8 Å². The molecule has 6 rings (SSSR count). The predicted molar refractivity (Wildman–Crippen MR) is 99.5 cm³/mol. The lowest BCUT2D eigenvalue weighted by atomic mass is 9.53. The summed E-state index contributed by atoms with van der Waals surface area (Å²) in [5, 5.41) is 11.4. The molecule has 0 aliphatic heterocycles. The zero-order chi connectivity index (χ0) is 18.4. The van der Waals surface area contributed by atoms with Gasteiger partial charge in [0.2, 0.25) is 5.91 Å². The molecule has 1 aromatic carbocycles. The van der Waals surface area contributed by atoms with E-state index in [4.69, 9.17) is 4.42 Å². The Morgan fingerprint density at radius 1 is 1.15 bits per heavy atom. The monoisotopic (exact) mass is 387 g/mol. The number of hydrogen-bond acceptors (Lipinski definition) is 5. The Morgan fingerprint density at radius 2 is 1.81 bits per heavy atom. The topological polar surface area (TPSA) is 68.0 Å². The first kappa shape index (κ1) is 17.2. The summed E-state index contributed by atoms with van der Waals surface area (Å²) in [5.41, 5.74) is 0.286. The highest BCUT2D eigenvalue weighted by Gasteiger charge is 2.51. The van der Waals surface area contributed by atoms with E-state index in [0.29, 0.717) is 0 Å². The molecule has 4 aliphatic rings. The van der Waals surface area contributed by atoms with Crippen molar-refractivity contribution in [3.8, 4) is 11.5 Å². The van der Waals surface area contributed by atoms with Crippen molar-refractivity contribution < 1.29 is 13.6 Å². The van der Waals surface area contributed by atoms with Gasteiger partial charge in [0.1, 0.15) is 5.82 Å². The van der Waals surface area contributed by atoms with E-state index in [2.05, 4.69) is 15.5 Å². The number of carbonyl (C=O) groups is 1. The van der Waals surface area contributed by atoms with Crippen LogP contribution in [0.3, 0.4) is 0 Å². The molecular weight excluding hydrogens is 365 g/mol. The van der Waals surface area contributed by atoms with Crippen LogP contribution in [0.4, 0.5) is 4.39 Å². The predicted octanol–water partition coefficient (Wildman–Crippen LogP) is 4.05. The second-order valence-corrected chi connectivity index (χ2v) is 9.31. The van der Waals surface area contributed by atoms with Gasteiger partial charge in [-0.15, -0.1) is 10.2 Å². The first-order chi connectivity index (χ1) is 13.1. The third kappa shape index (κ3) is 3.37. The second-order valence-electron chi connectivity index (χ2n) is 8.39. The molecule has 2 aromatic rings. The molecule has 4 bridgehead atoms. The molecule has 4 aliphatic carbocycles. The van der Waals surface area contributed by atoms with Crippen LogP contribution in [0.25, 0.3) is 11.5 Å². The number of hydrogen-bond donors (Lipinski definition) is 1. The molecule has 142 valence electrons. The van der Waals surface area contributed by atoms with E-state index in [-0.39, 0.29) is 33.9 Å². The van der Waals surface area contributed by atoms with Crippen LogP contribution in [0, 0.1) is 23.6 Å². The lowest BCUT2D eigenvalue weighted by Crippen LogP contribution is -2.60. The van der Waals surface area contributed by atoms with Crippen molar-refractivity contribution in [1.29, 1.82) is 0 Å². The van der Waals surface area contributed by atoms with Crippen molar-refractivity contribution in [2.75, 3.05) is 5.75 Å². The van der Waals surface area contributed by atoms with Gasteiger partial charge in [-0.3, -0.25) is 4.79 Å². The highest BCUT2D eigenvalue weighted by atomic mass is 32.2. The van der Waals surface area contributed by atoms with Gasteiger partial charge in [0.15, 0.2) is 0 Å². The van der Waals surface area contributed by atoms with Gasteiger partial charge in [0, 0.05) is 5.54 Å². The Balaban J connectivity index is 1.20. The summed E-state index contributed by atoms with van der Waals surface area (Å²) < 4.78 is 19.3. The van der Waals surface area contributed by atoms with Crippen LogP contribution in [-0.2, 0) is 4.79 Å². The Kier molecular flexibility index (Phi) is 4.22. The maximum Gasteiger partial charge on any atom is 0.277 e. The fourth-order valence-electron chi connectivity index (χ4n) is 5.73. The summed E-state index contributed by atoms with van der Waals surface area (Å²) in [4.78, 5) is 12.6. The molecular formula is C20H22FN3O2S. The summed E-state index contributed by atoms with van der Waals surface area (Å²) in [6, 6.07) is 6.27. The number of carbonyl (C=O) groups excluding carboxylic acids is 1. The van der Waals surface area contributed by atoms with Crippen molar-refractivity contribution >= 4 is 17.7 Å². The van der Waals surface area contributed by atoms with Crippen LogP contribution in [0.15, 0.2) is 33.9 Å². The Morgan fingerprint density at radius 3 is 2.48 bits per heavy atom. The molecule has 1 heterocycles. The number of amides is 1. The average Bonchev–Trinajstić information content (AvgIpc) is 3.07. The third-order valence-corrected chi connectivity index (χ3v) is 7.10. The summed E-state index contributed by atoms with van der Waals surface area (Å²) >= 11 is 1.20. The van der Waals surface area contributed by atoms with Gasteiger partial charge in [-0.25, -0.2) is 4.39 Å². The molecule has 27 heavy (non-hydrogen) atoms. The van der Waals surface area contributed by atoms with Crippen LogP contribution in [0.2, 0.25) is 0 Å². The van der Waals surface area contributed by atoms with E-state index in [1.54, 1.807) is 18.2 Å². The maximum atomic E-state index is 13.8. The number of rotatable bonds is 5. The molecule has 0 atom stereocenters. The molecule has 1 N–H and O–H groups in total. The highest BCUT2D eigenvalue weighted by Crippen LogP contribution is 2.55. The SMILES string of the molecule is O=C(CSc1nnc(-c2ccccc2F)o1)NC12CC3CC(CC(C3)C1)C2. The quantitative estimate of drug-likeness (QED) is 0.784. The van der Waals surface area contributed by atoms with Gasteiger partial charge in [-0.2, -0.15) is 0 Å². The Bertz CT molecular complexity index is 833. The standard InChI is InChI=1S/C20H22FN3O2S/c21-16-4-2-1-3-15(16)18-23-24-19(26-18)27-11-17(25)22-20-8-12-5-13(9-20)7-14(6-12)10-20/h1-4,12-14H,5-11H2,(H,22,25). The molecule has 0 spiro atoms. The van der Waals surface area contributed by atoms with E-state index in [9.17, 15) is 9.18 Å². The molecule has 7 heteroatoms. The van der Waals surface area contributed by atoms with Crippen LogP contribution in [0.5, 0.6) is 0 Å². The van der Waals surface area contributed by atoms with Crippen molar-refractivity contribution in [3.05, 3.63) is 30.1 Å². The van der Waals surface area contributed by atoms with Crippen molar-refractivity contribution in [3.63, 3.8) is 0 Å². The number of thioether (sulfide) groups is 1. The fraction of sp³-hybridized carbons (Fsp3) is 0.550.